The Balaban J connectivity index is 2.17. The van der Waals surface area contributed by atoms with Crippen LogP contribution in [0.4, 0.5) is 0 Å². The van der Waals surface area contributed by atoms with Crippen LogP contribution in [0.5, 0.6) is 11.5 Å². The second-order valence-corrected chi connectivity index (χ2v) is 7.55. The van der Waals surface area contributed by atoms with Crippen LogP contribution in [0.1, 0.15) is 25.8 Å². The van der Waals surface area contributed by atoms with Crippen LogP contribution in [0.3, 0.4) is 0 Å². The van der Waals surface area contributed by atoms with Crippen LogP contribution in [0.25, 0.3) is 0 Å². The summed E-state index contributed by atoms with van der Waals surface area (Å²) in [6, 6.07) is 11.4. The van der Waals surface area contributed by atoms with Crippen molar-refractivity contribution >= 4 is 35.0 Å². The van der Waals surface area contributed by atoms with Crippen LogP contribution in [-0.2, 0) is 16.1 Å². The highest BCUT2D eigenvalue weighted by atomic mass is 35.5. The van der Waals surface area contributed by atoms with Gasteiger partial charge in [0.2, 0.25) is 5.91 Å². The van der Waals surface area contributed by atoms with E-state index >= 15 is 0 Å². The van der Waals surface area contributed by atoms with Crippen molar-refractivity contribution in [3.05, 3.63) is 58.1 Å². The number of methoxy groups -OCH3 is 1. The Kier molecular flexibility index (Phi) is 9.27. The molecule has 0 radical (unpaired) electrons. The van der Waals surface area contributed by atoms with E-state index in [0.29, 0.717) is 28.1 Å². The number of amides is 2. The molecule has 2 aromatic carbocycles. The number of carbonyl (C=O) groups is 2. The maximum atomic E-state index is 13.0. The number of benzene rings is 2. The number of nitrogens with zero attached hydrogens (tertiary/aromatic N) is 1. The fraction of sp³-hybridized carbons (Fsp3) is 0.364. The van der Waals surface area contributed by atoms with Crippen molar-refractivity contribution in [2.75, 3.05) is 20.3 Å². The molecule has 8 heteroatoms. The number of hydrogen-bond donors (Lipinski definition) is 1. The first-order valence-electron chi connectivity index (χ1n) is 9.63. The molecule has 2 amide bonds. The summed E-state index contributed by atoms with van der Waals surface area (Å²) in [6.07, 6.45) is 0.806. The number of nitrogens with one attached hydrogen (secondary N) is 1. The summed E-state index contributed by atoms with van der Waals surface area (Å²) in [5.41, 5.74) is 0.836. The SMILES string of the molecule is CCCNC(=O)[C@H](C)N(Cc1cccc(OC)c1)C(=O)COc1ccc(Cl)cc1Cl. The van der Waals surface area contributed by atoms with Gasteiger partial charge in [-0.25, -0.2) is 0 Å². The second kappa shape index (κ2) is 11.7. The largest absolute Gasteiger partial charge is 0.497 e. The Morgan fingerprint density at radius 3 is 2.60 bits per heavy atom. The van der Waals surface area contributed by atoms with Gasteiger partial charge in [-0.15, -0.1) is 0 Å². The summed E-state index contributed by atoms with van der Waals surface area (Å²) in [4.78, 5) is 27.0. The van der Waals surface area contributed by atoms with Gasteiger partial charge in [-0.05, 0) is 49.2 Å². The first kappa shape index (κ1) is 23.8. The molecule has 0 aliphatic rings. The van der Waals surface area contributed by atoms with Gasteiger partial charge in [-0.3, -0.25) is 9.59 Å². The van der Waals surface area contributed by atoms with E-state index in [4.69, 9.17) is 32.7 Å². The summed E-state index contributed by atoms with van der Waals surface area (Å²) in [5, 5.41) is 3.61. The van der Waals surface area contributed by atoms with Gasteiger partial charge in [0.1, 0.15) is 17.5 Å². The van der Waals surface area contributed by atoms with Crippen molar-refractivity contribution in [3.8, 4) is 11.5 Å². The summed E-state index contributed by atoms with van der Waals surface area (Å²) >= 11 is 12.0. The van der Waals surface area contributed by atoms with E-state index in [0.717, 1.165) is 12.0 Å². The lowest BCUT2D eigenvalue weighted by molar-refractivity contribution is -0.142. The van der Waals surface area contributed by atoms with Crippen molar-refractivity contribution in [2.24, 2.45) is 0 Å². The molecule has 6 nitrogen and oxygen atoms in total. The lowest BCUT2D eigenvalue weighted by atomic mass is 10.1. The number of ether oxygens (including phenoxy) is 2. The third-order valence-corrected chi connectivity index (χ3v) is 4.98. The topological polar surface area (TPSA) is 67.9 Å². The van der Waals surface area contributed by atoms with Crippen molar-refractivity contribution in [3.63, 3.8) is 0 Å². The Hall–Kier alpha value is -2.44. The van der Waals surface area contributed by atoms with Crippen LogP contribution in [0, 0.1) is 0 Å². The van der Waals surface area contributed by atoms with Gasteiger partial charge < -0.3 is 19.7 Å². The number of hydrogen-bond acceptors (Lipinski definition) is 4. The zero-order chi connectivity index (χ0) is 22.1. The molecule has 0 aliphatic carbocycles. The zero-order valence-corrected chi connectivity index (χ0v) is 18.8. The fourth-order valence-corrected chi connectivity index (χ4v) is 3.22. The Morgan fingerprint density at radius 1 is 1.17 bits per heavy atom. The molecular formula is C22H26Cl2N2O4. The molecule has 0 aliphatic heterocycles. The van der Waals surface area contributed by atoms with Gasteiger partial charge in [-0.2, -0.15) is 0 Å². The minimum atomic E-state index is -0.681. The normalized spacial score (nSPS) is 11.5. The van der Waals surface area contributed by atoms with E-state index < -0.39 is 6.04 Å². The molecule has 0 fully saturated rings. The van der Waals surface area contributed by atoms with Gasteiger partial charge in [0.05, 0.1) is 12.1 Å². The standard InChI is InChI=1S/C22H26Cl2N2O4/c1-4-10-25-22(28)15(2)26(13-16-6-5-7-18(11-16)29-3)21(27)14-30-20-9-8-17(23)12-19(20)24/h5-9,11-12,15H,4,10,13-14H2,1-3H3,(H,25,28)/t15-/m0/s1. The van der Waals surface area contributed by atoms with Gasteiger partial charge in [-0.1, -0.05) is 42.3 Å². The second-order valence-electron chi connectivity index (χ2n) is 6.70. The van der Waals surface area contributed by atoms with Crippen LogP contribution in [-0.4, -0.2) is 43.0 Å². The van der Waals surface area contributed by atoms with Crippen LogP contribution in [0.15, 0.2) is 42.5 Å². The first-order valence-corrected chi connectivity index (χ1v) is 10.4. The molecule has 30 heavy (non-hydrogen) atoms. The molecule has 0 bridgehead atoms. The van der Waals surface area contributed by atoms with E-state index in [9.17, 15) is 9.59 Å². The lowest BCUT2D eigenvalue weighted by Gasteiger charge is -2.29. The molecule has 0 saturated heterocycles. The maximum absolute atomic E-state index is 13.0. The van der Waals surface area contributed by atoms with Gasteiger partial charge in [0.25, 0.3) is 5.91 Å². The van der Waals surface area contributed by atoms with Crippen molar-refractivity contribution < 1.29 is 19.1 Å². The highest BCUT2D eigenvalue weighted by Crippen LogP contribution is 2.27. The third-order valence-electron chi connectivity index (χ3n) is 4.45. The Bertz CT molecular complexity index is 876. The van der Waals surface area contributed by atoms with Crippen LogP contribution in [0.2, 0.25) is 10.0 Å². The predicted molar refractivity (Wildman–Crippen MR) is 118 cm³/mol. The molecule has 0 aromatic heterocycles. The van der Waals surface area contributed by atoms with Crippen LogP contribution >= 0.6 is 23.2 Å². The van der Waals surface area contributed by atoms with Crippen molar-refractivity contribution in [1.82, 2.24) is 10.2 Å². The molecule has 0 saturated carbocycles. The molecule has 0 unspecified atom stereocenters. The molecular weight excluding hydrogens is 427 g/mol. The third kappa shape index (κ3) is 6.82. The van der Waals surface area contributed by atoms with E-state index in [1.165, 1.54) is 11.0 Å². The first-order chi connectivity index (χ1) is 14.3. The van der Waals surface area contributed by atoms with Gasteiger partial charge >= 0.3 is 0 Å². The number of carbonyl (C=O) groups excluding carboxylic acids is 2. The van der Waals surface area contributed by atoms with E-state index in [1.807, 2.05) is 31.2 Å². The molecule has 2 rings (SSSR count). The molecule has 0 spiro atoms. The summed E-state index contributed by atoms with van der Waals surface area (Å²) in [7, 11) is 1.58. The van der Waals surface area contributed by atoms with E-state index in [1.54, 1.807) is 26.2 Å². The van der Waals surface area contributed by atoms with E-state index in [2.05, 4.69) is 5.32 Å². The fourth-order valence-electron chi connectivity index (χ4n) is 2.76. The van der Waals surface area contributed by atoms with Crippen LogP contribution < -0.4 is 14.8 Å². The highest BCUT2D eigenvalue weighted by Gasteiger charge is 2.26. The summed E-state index contributed by atoms with van der Waals surface area (Å²) in [5.74, 6) is 0.451. The zero-order valence-electron chi connectivity index (χ0n) is 17.3. The molecule has 0 heterocycles. The average molecular weight is 453 g/mol. The van der Waals surface area contributed by atoms with Gasteiger partial charge in [0, 0.05) is 18.1 Å². The van der Waals surface area contributed by atoms with Crippen molar-refractivity contribution in [1.29, 1.82) is 0 Å². The molecule has 1 N–H and O–H groups in total. The average Bonchev–Trinajstić information content (AvgIpc) is 2.74. The molecule has 1 atom stereocenters. The highest BCUT2D eigenvalue weighted by molar-refractivity contribution is 6.35. The smallest absolute Gasteiger partial charge is 0.261 e. The molecule has 162 valence electrons. The lowest BCUT2D eigenvalue weighted by Crippen LogP contribution is -2.49. The maximum Gasteiger partial charge on any atom is 0.261 e. The summed E-state index contributed by atoms with van der Waals surface area (Å²) < 4.78 is 10.8. The minimum Gasteiger partial charge on any atom is -0.497 e. The van der Waals surface area contributed by atoms with Gasteiger partial charge in [0.15, 0.2) is 6.61 Å². The monoisotopic (exact) mass is 452 g/mol. The number of rotatable bonds is 10. The number of halogens is 2. The Morgan fingerprint density at radius 2 is 1.93 bits per heavy atom. The summed E-state index contributed by atoms with van der Waals surface area (Å²) in [6.45, 7) is 4.17. The molecule has 2 aromatic rings. The van der Waals surface area contributed by atoms with Crippen molar-refractivity contribution in [2.45, 2.75) is 32.9 Å². The Labute approximate surface area is 187 Å². The predicted octanol–water partition coefficient (Wildman–Crippen LogP) is 4.32. The van der Waals surface area contributed by atoms with E-state index in [-0.39, 0.29) is 25.0 Å². The quantitative estimate of drug-likeness (QED) is 0.582. The minimum absolute atomic E-state index is 0.224.